The number of carbonyl (C=O) groups is 1. The van der Waals surface area contributed by atoms with E-state index >= 15 is 0 Å². The van der Waals surface area contributed by atoms with Gasteiger partial charge in [0.05, 0.1) is 22.3 Å². The van der Waals surface area contributed by atoms with Gasteiger partial charge in [-0.25, -0.2) is 9.78 Å². The quantitative estimate of drug-likeness (QED) is 0.438. The number of aromatic amines is 1. The monoisotopic (exact) mass is 394 g/mol. The molecule has 0 radical (unpaired) electrons. The van der Waals surface area contributed by atoms with Gasteiger partial charge >= 0.3 is 5.97 Å². The molecule has 30 heavy (non-hydrogen) atoms. The van der Waals surface area contributed by atoms with Crippen LogP contribution in [0.2, 0.25) is 0 Å². The molecule has 0 aliphatic heterocycles. The van der Waals surface area contributed by atoms with Gasteiger partial charge in [-0.15, -0.1) is 0 Å². The van der Waals surface area contributed by atoms with Crippen molar-refractivity contribution >= 4 is 17.0 Å². The lowest BCUT2D eigenvalue weighted by Gasteiger charge is -2.07. The number of benzene rings is 3. The van der Waals surface area contributed by atoms with E-state index < -0.39 is 5.97 Å². The van der Waals surface area contributed by atoms with Crippen molar-refractivity contribution in [2.45, 2.75) is 6.92 Å². The van der Waals surface area contributed by atoms with E-state index in [2.05, 4.69) is 15.1 Å². The summed E-state index contributed by atoms with van der Waals surface area (Å²) < 4.78 is 7.16. The summed E-state index contributed by atoms with van der Waals surface area (Å²) in [5.41, 5.74) is 5.01. The predicted molar refractivity (Wildman–Crippen MR) is 115 cm³/mol. The Morgan fingerprint density at radius 2 is 1.60 bits per heavy atom. The molecule has 0 bridgehead atoms. The van der Waals surface area contributed by atoms with Gasteiger partial charge in [0.2, 0.25) is 11.8 Å². The standard InChI is InChI=1S/C24H18N4O2/c1-16-15-22(28(27-16)24-25-20-9-5-6-10-21(20)26-24)30-23(29)19-13-11-18(12-14-19)17-7-3-2-4-8-17/h2-15H,1H3,(H,25,26). The minimum absolute atomic E-state index is 0.309. The second kappa shape index (κ2) is 7.33. The Bertz CT molecular complexity index is 1300. The highest BCUT2D eigenvalue weighted by atomic mass is 16.5. The van der Waals surface area contributed by atoms with Crippen LogP contribution < -0.4 is 4.74 Å². The highest BCUT2D eigenvalue weighted by molar-refractivity contribution is 5.91. The third kappa shape index (κ3) is 3.35. The normalized spacial score (nSPS) is 11.0. The Morgan fingerprint density at radius 1 is 0.900 bits per heavy atom. The second-order valence-corrected chi connectivity index (χ2v) is 6.95. The Labute approximate surface area is 172 Å². The average molecular weight is 394 g/mol. The Morgan fingerprint density at radius 3 is 2.37 bits per heavy atom. The van der Waals surface area contributed by atoms with Crippen molar-refractivity contribution in [2.24, 2.45) is 0 Å². The van der Waals surface area contributed by atoms with Gasteiger partial charge < -0.3 is 9.72 Å². The van der Waals surface area contributed by atoms with E-state index in [1.54, 1.807) is 18.2 Å². The molecule has 146 valence electrons. The first-order valence-electron chi connectivity index (χ1n) is 9.57. The molecule has 6 heteroatoms. The number of fused-ring (bicyclic) bond motifs is 1. The molecule has 0 spiro atoms. The molecule has 0 aliphatic carbocycles. The summed E-state index contributed by atoms with van der Waals surface area (Å²) in [6, 6.07) is 26.8. The number of nitrogens with zero attached hydrogens (tertiary/aromatic N) is 3. The fraction of sp³-hybridized carbons (Fsp3) is 0.0417. The highest BCUT2D eigenvalue weighted by Crippen LogP contribution is 2.23. The fourth-order valence-corrected chi connectivity index (χ4v) is 3.32. The third-order valence-corrected chi connectivity index (χ3v) is 4.80. The lowest BCUT2D eigenvalue weighted by atomic mass is 10.0. The van der Waals surface area contributed by atoms with E-state index in [9.17, 15) is 4.79 Å². The number of esters is 1. The number of hydrogen-bond donors (Lipinski definition) is 1. The van der Waals surface area contributed by atoms with Crippen molar-refractivity contribution in [3.63, 3.8) is 0 Å². The first kappa shape index (κ1) is 17.9. The van der Waals surface area contributed by atoms with E-state index in [0.717, 1.165) is 27.9 Å². The summed E-state index contributed by atoms with van der Waals surface area (Å²) in [5.74, 6) is 0.349. The number of nitrogens with one attached hydrogen (secondary N) is 1. The number of aryl methyl sites for hydroxylation is 1. The fourth-order valence-electron chi connectivity index (χ4n) is 3.32. The van der Waals surface area contributed by atoms with Gasteiger partial charge in [0.15, 0.2) is 0 Å². The molecule has 0 atom stereocenters. The van der Waals surface area contributed by atoms with Gasteiger partial charge in [0.25, 0.3) is 0 Å². The van der Waals surface area contributed by atoms with Crippen LogP contribution in [0.1, 0.15) is 16.1 Å². The van der Waals surface area contributed by atoms with Gasteiger partial charge in [-0.05, 0) is 42.3 Å². The zero-order valence-corrected chi connectivity index (χ0v) is 16.2. The van der Waals surface area contributed by atoms with Crippen LogP contribution in [0.25, 0.3) is 28.1 Å². The predicted octanol–water partition coefficient (Wildman–Crippen LogP) is 4.94. The molecule has 5 aromatic rings. The number of imidazole rings is 1. The van der Waals surface area contributed by atoms with Crippen LogP contribution in [0.15, 0.2) is 84.9 Å². The Balaban J connectivity index is 1.41. The molecule has 5 rings (SSSR count). The molecule has 0 saturated carbocycles. The Hall–Kier alpha value is -4.19. The number of aromatic nitrogens is 4. The van der Waals surface area contributed by atoms with E-state index in [1.807, 2.05) is 73.7 Å². The molecule has 0 saturated heterocycles. The molecule has 0 amide bonds. The largest absolute Gasteiger partial charge is 0.404 e. The lowest BCUT2D eigenvalue weighted by Crippen LogP contribution is -2.12. The van der Waals surface area contributed by atoms with Crippen LogP contribution in [0.5, 0.6) is 5.88 Å². The van der Waals surface area contributed by atoms with Gasteiger partial charge in [0.1, 0.15) is 0 Å². The summed E-state index contributed by atoms with van der Waals surface area (Å²) in [5, 5.41) is 4.42. The smallest absolute Gasteiger partial charge is 0.344 e. The van der Waals surface area contributed by atoms with Crippen molar-refractivity contribution in [3.05, 3.63) is 96.2 Å². The maximum atomic E-state index is 12.7. The van der Waals surface area contributed by atoms with Crippen LogP contribution in [-0.2, 0) is 0 Å². The van der Waals surface area contributed by atoms with Gasteiger partial charge in [-0.2, -0.15) is 9.78 Å². The molecule has 1 N–H and O–H groups in total. The maximum Gasteiger partial charge on any atom is 0.344 e. The van der Waals surface area contributed by atoms with E-state index in [-0.39, 0.29) is 0 Å². The van der Waals surface area contributed by atoms with Gasteiger partial charge in [-0.1, -0.05) is 54.6 Å². The van der Waals surface area contributed by atoms with Crippen LogP contribution in [0.4, 0.5) is 0 Å². The third-order valence-electron chi connectivity index (χ3n) is 4.80. The van der Waals surface area contributed by atoms with Crippen molar-refractivity contribution in [1.29, 1.82) is 0 Å². The minimum Gasteiger partial charge on any atom is -0.404 e. The number of hydrogen-bond acceptors (Lipinski definition) is 4. The topological polar surface area (TPSA) is 72.8 Å². The van der Waals surface area contributed by atoms with E-state index in [4.69, 9.17) is 4.74 Å². The van der Waals surface area contributed by atoms with Crippen LogP contribution in [0.3, 0.4) is 0 Å². The second-order valence-electron chi connectivity index (χ2n) is 6.95. The van der Waals surface area contributed by atoms with Gasteiger partial charge in [-0.3, -0.25) is 0 Å². The van der Waals surface area contributed by atoms with Crippen molar-refractivity contribution in [3.8, 4) is 23.0 Å². The van der Waals surface area contributed by atoms with E-state index in [1.165, 1.54) is 4.68 Å². The molecule has 0 aliphatic rings. The molecular formula is C24H18N4O2. The zero-order valence-electron chi connectivity index (χ0n) is 16.2. The van der Waals surface area contributed by atoms with Crippen molar-refractivity contribution in [2.75, 3.05) is 0 Å². The number of H-pyrrole nitrogens is 1. The Kier molecular flexibility index (Phi) is 4.37. The summed E-state index contributed by atoms with van der Waals surface area (Å²) in [6.07, 6.45) is 0. The summed E-state index contributed by atoms with van der Waals surface area (Å²) >= 11 is 0. The number of ether oxygens (including phenoxy) is 1. The molecule has 3 aromatic carbocycles. The van der Waals surface area contributed by atoms with Gasteiger partial charge in [0, 0.05) is 6.07 Å². The first-order chi connectivity index (χ1) is 14.7. The highest BCUT2D eigenvalue weighted by Gasteiger charge is 2.17. The van der Waals surface area contributed by atoms with Crippen LogP contribution in [-0.4, -0.2) is 25.7 Å². The number of carbonyl (C=O) groups excluding carboxylic acids is 1. The van der Waals surface area contributed by atoms with Crippen molar-refractivity contribution in [1.82, 2.24) is 19.7 Å². The maximum absolute atomic E-state index is 12.7. The SMILES string of the molecule is Cc1cc(OC(=O)c2ccc(-c3ccccc3)cc2)n(-c2nc3ccccc3[nH]2)n1. The summed E-state index contributed by atoms with van der Waals surface area (Å²) in [7, 11) is 0. The van der Waals surface area contributed by atoms with Crippen molar-refractivity contribution < 1.29 is 9.53 Å². The molecule has 2 heterocycles. The molecular weight excluding hydrogens is 376 g/mol. The summed E-state index contributed by atoms with van der Waals surface area (Å²) in [6.45, 7) is 1.84. The lowest BCUT2D eigenvalue weighted by molar-refractivity contribution is 0.0722. The average Bonchev–Trinajstić information content (AvgIpc) is 3.37. The molecule has 2 aromatic heterocycles. The molecule has 6 nitrogen and oxygen atoms in total. The molecule has 0 unspecified atom stereocenters. The number of para-hydroxylation sites is 2. The van der Waals surface area contributed by atoms with Crippen LogP contribution >= 0.6 is 0 Å². The summed E-state index contributed by atoms with van der Waals surface area (Å²) in [4.78, 5) is 20.5. The van der Waals surface area contributed by atoms with Crippen LogP contribution in [0, 0.1) is 6.92 Å². The molecule has 0 fully saturated rings. The minimum atomic E-state index is -0.452. The zero-order chi connectivity index (χ0) is 20.5. The number of rotatable bonds is 4. The first-order valence-corrected chi connectivity index (χ1v) is 9.57. The van der Waals surface area contributed by atoms with E-state index in [0.29, 0.717) is 17.4 Å².